The molecule has 0 aliphatic carbocycles. The second-order valence-corrected chi connectivity index (χ2v) is 5.60. The van der Waals surface area contributed by atoms with E-state index in [4.69, 9.17) is 5.73 Å². The highest BCUT2D eigenvalue weighted by Crippen LogP contribution is 2.29. The molecule has 0 bridgehead atoms. The number of hydrogen-bond donors (Lipinski definition) is 1. The van der Waals surface area contributed by atoms with Crippen molar-refractivity contribution in [2.75, 3.05) is 5.73 Å². The summed E-state index contributed by atoms with van der Waals surface area (Å²) in [5.74, 6) is 0.302. The third-order valence-corrected chi connectivity index (χ3v) is 3.98. The van der Waals surface area contributed by atoms with Crippen molar-refractivity contribution in [3.05, 3.63) is 65.7 Å². The predicted molar refractivity (Wildman–Crippen MR) is 83.7 cm³/mol. The number of hydrogen-bond acceptors (Lipinski definition) is 4. The Morgan fingerprint density at radius 1 is 1.14 bits per heavy atom. The molecule has 0 aliphatic heterocycles. The number of anilines is 1. The summed E-state index contributed by atoms with van der Waals surface area (Å²) in [6, 6.07) is 14.7. The van der Waals surface area contributed by atoms with Gasteiger partial charge in [0.05, 0.1) is 0 Å². The van der Waals surface area contributed by atoms with E-state index in [0.29, 0.717) is 16.5 Å². The van der Waals surface area contributed by atoms with Crippen molar-refractivity contribution < 1.29 is 4.39 Å². The Labute approximate surface area is 126 Å². The van der Waals surface area contributed by atoms with Gasteiger partial charge in [-0.15, -0.1) is 0 Å². The van der Waals surface area contributed by atoms with Crippen LogP contribution in [-0.2, 0) is 0 Å². The molecular weight excluding hydrogens is 285 g/mol. The van der Waals surface area contributed by atoms with E-state index in [-0.39, 0.29) is 11.7 Å². The van der Waals surface area contributed by atoms with Crippen LogP contribution in [0, 0.1) is 5.82 Å². The van der Waals surface area contributed by atoms with Crippen molar-refractivity contribution in [2.24, 2.45) is 0 Å². The fourth-order valence-corrected chi connectivity index (χ4v) is 2.75. The van der Waals surface area contributed by atoms with Gasteiger partial charge in [-0.25, -0.2) is 9.37 Å². The van der Waals surface area contributed by atoms with Gasteiger partial charge in [-0.1, -0.05) is 49.4 Å². The Morgan fingerprint density at radius 2 is 1.90 bits per heavy atom. The van der Waals surface area contributed by atoms with Crippen LogP contribution < -0.4 is 5.73 Å². The number of nitrogens with zero attached hydrogens (tertiary/aromatic N) is 2. The van der Waals surface area contributed by atoms with Gasteiger partial charge in [-0.05, 0) is 17.2 Å². The maximum atomic E-state index is 14.4. The van der Waals surface area contributed by atoms with Gasteiger partial charge >= 0.3 is 0 Å². The van der Waals surface area contributed by atoms with Crippen LogP contribution in [0.1, 0.15) is 24.2 Å². The summed E-state index contributed by atoms with van der Waals surface area (Å²) in [4.78, 5) is 4.16. The van der Waals surface area contributed by atoms with E-state index in [2.05, 4.69) is 9.36 Å². The Bertz CT molecular complexity index is 755. The number of benzene rings is 2. The highest BCUT2D eigenvalue weighted by molar-refractivity contribution is 7.09. The molecule has 0 saturated heterocycles. The Morgan fingerprint density at radius 3 is 2.52 bits per heavy atom. The van der Waals surface area contributed by atoms with Crippen LogP contribution in [0.4, 0.5) is 9.52 Å². The molecule has 0 saturated carbocycles. The summed E-state index contributed by atoms with van der Waals surface area (Å²) >= 11 is 1.15. The molecule has 0 spiro atoms. The number of nitrogen functional groups attached to an aromatic ring is 1. The van der Waals surface area contributed by atoms with Crippen LogP contribution in [0.2, 0.25) is 0 Å². The van der Waals surface area contributed by atoms with Gasteiger partial charge in [-0.3, -0.25) is 0 Å². The number of nitrogens with two attached hydrogens (primary N) is 1. The highest BCUT2D eigenvalue weighted by atomic mass is 32.1. The van der Waals surface area contributed by atoms with Crippen LogP contribution in [0.3, 0.4) is 0 Å². The van der Waals surface area contributed by atoms with Crippen LogP contribution in [0.25, 0.3) is 11.1 Å². The molecule has 0 amide bonds. The van der Waals surface area contributed by atoms with Gasteiger partial charge in [0.25, 0.3) is 0 Å². The first-order valence-corrected chi connectivity index (χ1v) is 7.36. The van der Waals surface area contributed by atoms with Crippen LogP contribution >= 0.6 is 11.5 Å². The molecule has 5 heteroatoms. The van der Waals surface area contributed by atoms with E-state index < -0.39 is 0 Å². The molecule has 3 nitrogen and oxygen atoms in total. The van der Waals surface area contributed by atoms with E-state index in [0.717, 1.165) is 22.7 Å². The monoisotopic (exact) mass is 299 g/mol. The summed E-state index contributed by atoms with van der Waals surface area (Å²) < 4.78 is 18.5. The van der Waals surface area contributed by atoms with E-state index in [1.807, 2.05) is 43.3 Å². The fourth-order valence-electron chi connectivity index (χ4n) is 2.22. The first kappa shape index (κ1) is 13.7. The average Bonchev–Trinajstić information content (AvgIpc) is 2.94. The van der Waals surface area contributed by atoms with Crippen molar-refractivity contribution >= 4 is 16.7 Å². The molecule has 21 heavy (non-hydrogen) atoms. The van der Waals surface area contributed by atoms with Crippen molar-refractivity contribution in [3.63, 3.8) is 0 Å². The Hall–Kier alpha value is -2.27. The first-order valence-electron chi connectivity index (χ1n) is 6.59. The van der Waals surface area contributed by atoms with Gasteiger partial charge in [0.2, 0.25) is 0 Å². The van der Waals surface area contributed by atoms with Crippen molar-refractivity contribution in [1.29, 1.82) is 0 Å². The quantitative estimate of drug-likeness (QED) is 0.793. The third kappa shape index (κ3) is 2.78. The Kier molecular flexibility index (Phi) is 3.66. The zero-order valence-electron chi connectivity index (χ0n) is 11.5. The number of halogens is 1. The second-order valence-electron chi connectivity index (χ2n) is 4.82. The summed E-state index contributed by atoms with van der Waals surface area (Å²) in [5.41, 5.74) is 7.89. The molecule has 1 atom stereocenters. The van der Waals surface area contributed by atoms with Gasteiger partial charge in [-0.2, -0.15) is 4.37 Å². The van der Waals surface area contributed by atoms with Crippen molar-refractivity contribution in [3.8, 4) is 11.1 Å². The molecule has 3 aromatic rings. The normalized spacial score (nSPS) is 12.3. The standard InChI is InChI=1S/C16H14FN3S/c1-10(15-19-16(18)21-20-15)12-7-8-13(14(17)9-12)11-5-3-2-4-6-11/h2-10H,1H3,(H2,18,19,20). The third-order valence-electron chi connectivity index (χ3n) is 3.42. The minimum atomic E-state index is -0.242. The first-order chi connectivity index (χ1) is 10.1. The minimum absolute atomic E-state index is 0.0853. The molecule has 1 unspecified atom stereocenters. The lowest BCUT2D eigenvalue weighted by molar-refractivity contribution is 0.627. The highest BCUT2D eigenvalue weighted by Gasteiger charge is 2.15. The lowest BCUT2D eigenvalue weighted by atomic mass is 9.96. The fraction of sp³-hybridized carbons (Fsp3) is 0.125. The van der Waals surface area contributed by atoms with Crippen LogP contribution in [-0.4, -0.2) is 9.36 Å². The molecule has 106 valence electrons. The Balaban J connectivity index is 1.94. The van der Waals surface area contributed by atoms with Crippen molar-refractivity contribution in [1.82, 2.24) is 9.36 Å². The lowest BCUT2D eigenvalue weighted by Gasteiger charge is -2.10. The molecule has 1 heterocycles. The number of rotatable bonds is 3. The zero-order chi connectivity index (χ0) is 14.8. The molecular formula is C16H14FN3S. The molecule has 1 aromatic heterocycles. The maximum Gasteiger partial charge on any atom is 0.199 e. The zero-order valence-corrected chi connectivity index (χ0v) is 12.3. The minimum Gasteiger partial charge on any atom is -0.374 e. The molecule has 0 radical (unpaired) electrons. The van der Waals surface area contributed by atoms with Crippen LogP contribution in [0.15, 0.2) is 48.5 Å². The van der Waals surface area contributed by atoms with E-state index in [9.17, 15) is 4.39 Å². The second kappa shape index (κ2) is 5.61. The van der Waals surface area contributed by atoms with Gasteiger partial charge in [0.1, 0.15) is 5.82 Å². The molecule has 2 N–H and O–H groups in total. The van der Waals surface area contributed by atoms with Gasteiger partial charge < -0.3 is 5.73 Å². The molecule has 2 aromatic carbocycles. The van der Waals surface area contributed by atoms with E-state index in [1.165, 1.54) is 0 Å². The smallest absolute Gasteiger partial charge is 0.199 e. The van der Waals surface area contributed by atoms with E-state index in [1.54, 1.807) is 12.1 Å². The molecule has 3 rings (SSSR count). The van der Waals surface area contributed by atoms with E-state index >= 15 is 0 Å². The topological polar surface area (TPSA) is 51.8 Å². The summed E-state index contributed by atoms with van der Waals surface area (Å²) in [6.45, 7) is 1.94. The van der Waals surface area contributed by atoms with Crippen molar-refractivity contribution in [2.45, 2.75) is 12.8 Å². The molecule has 0 aliphatic rings. The summed E-state index contributed by atoms with van der Waals surface area (Å²) in [7, 11) is 0. The van der Waals surface area contributed by atoms with Gasteiger partial charge in [0.15, 0.2) is 11.0 Å². The summed E-state index contributed by atoms with van der Waals surface area (Å²) in [6.07, 6.45) is 0. The maximum absolute atomic E-state index is 14.4. The summed E-state index contributed by atoms with van der Waals surface area (Å²) in [5, 5.41) is 0.429. The van der Waals surface area contributed by atoms with Gasteiger partial charge in [0, 0.05) is 23.0 Å². The van der Waals surface area contributed by atoms with Crippen LogP contribution in [0.5, 0.6) is 0 Å². The number of aromatic nitrogens is 2. The predicted octanol–water partition coefficient (Wildman–Crippen LogP) is 4.08. The SMILES string of the molecule is CC(c1ccc(-c2ccccc2)c(F)c1)c1nsc(N)n1. The lowest BCUT2D eigenvalue weighted by Crippen LogP contribution is -2.00. The molecule has 0 fully saturated rings. The largest absolute Gasteiger partial charge is 0.374 e. The average molecular weight is 299 g/mol.